The first kappa shape index (κ1) is 60.2. The van der Waals surface area contributed by atoms with Crippen molar-refractivity contribution in [2.24, 2.45) is 0 Å². The van der Waals surface area contributed by atoms with Crippen LogP contribution in [0.25, 0.3) is 0 Å². The highest BCUT2D eigenvalue weighted by atomic mass is 127. The third-order valence-electron chi connectivity index (χ3n) is 1.84. The summed E-state index contributed by atoms with van der Waals surface area (Å²) in [7, 11) is -1.42. The molecule has 0 saturated heterocycles. The fraction of sp³-hybridized carbons (Fsp3) is 0.688. The van der Waals surface area contributed by atoms with Gasteiger partial charge in [0.1, 0.15) is 0 Å². The van der Waals surface area contributed by atoms with Gasteiger partial charge in [0.15, 0.2) is 0 Å². The molecule has 0 saturated carbocycles. The van der Waals surface area contributed by atoms with Crippen molar-refractivity contribution in [2.75, 3.05) is 25.6 Å². The SMILES string of the molecule is BrCI.C.C.C#CC.C#CCC.C#CCC.CCCBr.CCCCC.[3H]B(C)F.[3H]CSC#CCC.[3H]CSC#CCI. The van der Waals surface area contributed by atoms with E-state index in [-0.39, 0.29) is 14.9 Å². The molecule has 0 fully saturated rings. The number of rotatable bonds is 3. The smallest absolute Gasteiger partial charge is 0.328 e. The highest BCUT2D eigenvalue weighted by Gasteiger charge is 1.68. The number of alkyl halides is 4. The Kier molecular flexibility index (Phi) is 208. The molecule has 0 heterocycles. The van der Waals surface area contributed by atoms with E-state index in [4.69, 9.17) is 16.9 Å². The Morgan fingerprint density at radius 2 is 1.10 bits per heavy atom. The van der Waals surface area contributed by atoms with Gasteiger partial charge in [-0.2, -0.15) is 0 Å². The summed E-state index contributed by atoms with van der Waals surface area (Å²) < 4.78 is 31.8. The summed E-state index contributed by atoms with van der Waals surface area (Å²) in [6.07, 6.45) is 22.8. The summed E-state index contributed by atoms with van der Waals surface area (Å²) in [5.74, 6) is 12.8. The zero-order valence-electron chi connectivity index (χ0n) is 28.0. The Hall–Kier alpha value is 0.915. The summed E-state index contributed by atoms with van der Waals surface area (Å²) in [6, 6.07) is 0. The van der Waals surface area contributed by atoms with Crippen LogP contribution in [-0.2, 0) is 0 Å². The highest BCUT2D eigenvalue weighted by Crippen LogP contribution is 1.88. The first-order chi connectivity index (χ1) is 19.5. The molecule has 0 unspecified atom stereocenters. The molecule has 0 aromatic carbocycles. The summed E-state index contributed by atoms with van der Waals surface area (Å²) in [6.45, 7) is 15.3. The van der Waals surface area contributed by atoms with Gasteiger partial charge in [0.05, 0.1) is 7.76 Å². The molecular formula is C32H62BBr2FI2S2. The molecule has 0 radical (unpaired) electrons. The minimum atomic E-state index is -1.42. The average molecular weight is 960 g/mol. The molecule has 0 aromatic rings. The number of hydrogen-bond acceptors (Lipinski definition) is 2. The van der Waals surface area contributed by atoms with Crippen LogP contribution in [0.15, 0.2) is 0 Å². The molecule has 0 bridgehead atoms. The van der Waals surface area contributed by atoms with Crippen LogP contribution in [0.3, 0.4) is 0 Å². The van der Waals surface area contributed by atoms with Gasteiger partial charge in [-0.25, -0.2) is 0 Å². The number of hydrogen-bond donors (Lipinski definition) is 0. The topological polar surface area (TPSA) is 0 Å². The first-order valence-corrected chi connectivity index (χ1v) is 19.1. The third-order valence-corrected chi connectivity index (χ3v) is 3.59. The van der Waals surface area contributed by atoms with Crippen molar-refractivity contribution in [1.82, 2.24) is 0 Å². The second-order valence-electron chi connectivity index (χ2n) is 5.10. The van der Waals surface area contributed by atoms with Gasteiger partial charge in [0, 0.05) is 28.7 Å². The maximum atomic E-state index is 10.7. The van der Waals surface area contributed by atoms with Crippen molar-refractivity contribution >= 4 is 108 Å². The molecular weight excluding hydrogens is 892 g/mol. The standard InChI is InChI=1S/C5H8S.C5H12.C4H5IS.2C4H6.C3H7Br.C3H4.CH4BF.CH2BrI.2CH4/c1-3-4-5-6-2;1-3-5-4-2;1-6-4-2-3-5;2*1-3-4-2;1-2-3-4;1-3-2;1-2-3;2-1-3;;/h3H2,1-2H3;3-5H2,1-2H3;3H2,1H3;2*1H,4H2,2H3;2-3H2,1H3;1H,2H3;2H,1H3;1H2;2*1H4/i2T;;1T;;;;;2T;;;. The largest absolute Gasteiger partial charge is 0.342 e. The normalized spacial score (nSPS) is 6.70. The van der Waals surface area contributed by atoms with E-state index in [0.29, 0.717) is 12.5 Å². The van der Waals surface area contributed by atoms with E-state index in [9.17, 15) is 4.32 Å². The van der Waals surface area contributed by atoms with Crippen LogP contribution in [0.2, 0.25) is 6.82 Å². The van der Waals surface area contributed by atoms with Crippen LogP contribution in [0.1, 0.15) is 111 Å². The van der Waals surface area contributed by atoms with Crippen molar-refractivity contribution in [2.45, 2.75) is 115 Å². The molecule has 0 amide bonds. The molecule has 240 valence electrons. The molecule has 0 rings (SSSR count). The molecule has 0 aliphatic carbocycles. The quantitative estimate of drug-likeness (QED) is 0.120. The number of terminal acetylenes is 3. The molecule has 0 aromatic heterocycles. The fourth-order valence-corrected chi connectivity index (χ4v) is 1.43. The predicted octanol–water partition coefficient (Wildman–Crippen LogP) is 13.6. The monoisotopic (exact) mass is 958 g/mol. The van der Waals surface area contributed by atoms with E-state index in [1.54, 1.807) is 6.92 Å². The lowest BCUT2D eigenvalue weighted by atomic mass is 10.2. The molecule has 8 heteroatoms. The van der Waals surface area contributed by atoms with Crippen molar-refractivity contribution in [3.63, 3.8) is 0 Å². The molecule has 0 atom stereocenters. The summed E-state index contributed by atoms with van der Waals surface area (Å²) >= 11 is 13.4. The average Bonchev–Trinajstić information content (AvgIpc) is 2.96. The van der Waals surface area contributed by atoms with Crippen LogP contribution in [0, 0.1) is 59.4 Å². The molecule has 40 heavy (non-hydrogen) atoms. The number of unbranched alkanes of at least 4 members (excludes halogenated alkanes) is 2. The van der Waals surface area contributed by atoms with Crippen LogP contribution in [0.5, 0.6) is 0 Å². The zero-order chi connectivity index (χ0) is 34.4. The molecule has 0 aliphatic rings. The highest BCUT2D eigenvalue weighted by molar-refractivity contribution is 14.1. The van der Waals surface area contributed by atoms with Gasteiger partial charge < -0.3 is 4.32 Å². The zero-order valence-corrected chi connectivity index (χ0v) is 34.1. The van der Waals surface area contributed by atoms with Crippen molar-refractivity contribution < 1.29 is 7.06 Å². The van der Waals surface area contributed by atoms with Gasteiger partial charge in [0.25, 0.3) is 0 Å². The molecule has 0 aliphatic heterocycles. The maximum absolute atomic E-state index is 10.7. The van der Waals surface area contributed by atoms with Crippen molar-refractivity contribution in [3.05, 3.63) is 0 Å². The Bertz CT molecular complexity index is 566. The van der Waals surface area contributed by atoms with Crippen LogP contribution >= 0.6 is 101 Å². The summed E-state index contributed by atoms with van der Waals surface area (Å²) in [5, 5.41) is 6.65. The Labute approximate surface area is 313 Å². The van der Waals surface area contributed by atoms with Crippen LogP contribution < -0.4 is 0 Å². The molecule has 0 N–H and O–H groups in total. The van der Waals surface area contributed by atoms with Gasteiger partial charge in [0.2, 0.25) is 0 Å². The van der Waals surface area contributed by atoms with E-state index in [0.717, 1.165) is 32.4 Å². The van der Waals surface area contributed by atoms with Gasteiger partial charge >= 0.3 is 7.52 Å². The lowest BCUT2D eigenvalue weighted by molar-refractivity contribution is 0.772. The summed E-state index contributed by atoms with van der Waals surface area (Å²) in [5.41, 5.74) is 0. The lowest BCUT2D eigenvalue weighted by Crippen LogP contribution is -1.59. The number of thioether (sulfide) groups is 2. The third kappa shape index (κ3) is 394. The first-order valence-electron chi connectivity index (χ1n) is 13.9. The van der Waals surface area contributed by atoms with E-state index >= 15 is 0 Å². The van der Waals surface area contributed by atoms with Crippen molar-refractivity contribution in [3.8, 4) is 59.4 Å². The van der Waals surface area contributed by atoms with E-state index in [1.165, 1.54) is 56.0 Å². The Morgan fingerprint density at radius 3 is 1.23 bits per heavy atom. The van der Waals surface area contributed by atoms with Crippen LogP contribution in [0.4, 0.5) is 4.32 Å². The predicted molar refractivity (Wildman–Crippen MR) is 229 cm³/mol. The second-order valence-corrected chi connectivity index (χ2v) is 11.1. The molecule has 0 spiro atoms. The minimum Gasteiger partial charge on any atom is -0.342 e. The van der Waals surface area contributed by atoms with Gasteiger partial charge in [-0.15, -0.1) is 37.0 Å². The molecule has 0 nitrogen and oxygen atoms in total. The Balaban J connectivity index is -0.0000000301. The van der Waals surface area contributed by atoms with Gasteiger partial charge in [-0.3, -0.25) is 0 Å². The van der Waals surface area contributed by atoms with E-state index in [2.05, 4.69) is 144 Å². The van der Waals surface area contributed by atoms with E-state index in [1.807, 2.05) is 20.8 Å². The van der Waals surface area contributed by atoms with E-state index < -0.39 is 7.52 Å². The van der Waals surface area contributed by atoms with Crippen LogP contribution in [-0.4, -0.2) is 34.4 Å². The Morgan fingerprint density at radius 1 is 0.825 bits per heavy atom. The maximum Gasteiger partial charge on any atom is 0.328 e. The van der Waals surface area contributed by atoms with Gasteiger partial charge in [-0.1, -0.05) is 195 Å². The van der Waals surface area contributed by atoms with Crippen molar-refractivity contribution in [1.29, 1.82) is 1.34 Å². The fourth-order valence-electron chi connectivity index (χ4n) is 0.555. The minimum absolute atomic E-state index is 0. The summed E-state index contributed by atoms with van der Waals surface area (Å²) in [4.78, 5) is 0. The number of halogens is 5. The van der Waals surface area contributed by atoms with Gasteiger partial charge in [-0.05, 0) is 36.3 Å². The lowest BCUT2D eigenvalue weighted by Gasteiger charge is -1.79. The second kappa shape index (κ2) is 138.